The van der Waals surface area contributed by atoms with Gasteiger partial charge in [0.15, 0.2) is 8.32 Å². The maximum atomic E-state index is 7.58. The van der Waals surface area contributed by atoms with Gasteiger partial charge in [-0.25, -0.2) is 0 Å². The van der Waals surface area contributed by atoms with Crippen LogP contribution in [0.15, 0.2) is 36.4 Å². The summed E-state index contributed by atoms with van der Waals surface area (Å²) in [4.78, 5) is 0. The summed E-state index contributed by atoms with van der Waals surface area (Å²) < 4.78 is 13.9. The fourth-order valence-corrected chi connectivity index (χ4v) is 58.3. The molecule has 2 aliphatic rings. The summed E-state index contributed by atoms with van der Waals surface area (Å²) in [5, 5.41) is -0.131. The summed E-state index contributed by atoms with van der Waals surface area (Å²) >= 11 is 0. The van der Waals surface area contributed by atoms with Gasteiger partial charge in [0.1, 0.15) is 5.75 Å². The Balaban J connectivity index is 2.49. The molecule has 0 aliphatic carbocycles. The van der Waals surface area contributed by atoms with Crippen molar-refractivity contribution < 1.29 is 9.16 Å². The van der Waals surface area contributed by atoms with Crippen LogP contribution in [0.25, 0.3) is 0 Å². The molecule has 0 fully saturated rings. The zero-order valence-electron chi connectivity index (χ0n) is 19.5. The molecule has 2 aliphatic heterocycles. The second-order valence-electron chi connectivity index (χ2n) is 11.7. The summed E-state index contributed by atoms with van der Waals surface area (Å²) in [5.41, 5.74) is 1.39. The summed E-state index contributed by atoms with van der Waals surface area (Å²) in [5.74, 6) is 1.54. The Kier molecular flexibility index (Phi) is 5.63. The van der Waals surface area contributed by atoms with Crippen LogP contribution in [0.1, 0.15) is 12.0 Å². The van der Waals surface area contributed by atoms with Gasteiger partial charge in [-0.3, -0.25) is 0 Å². The van der Waals surface area contributed by atoms with Crippen molar-refractivity contribution >= 4 is 30.6 Å². The van der Waals surface area contributed by atoms with Crippen molar-refractivity contribution in [2.75, 3.05) is 6.61 Å². The minimum absolute atomic E-state index is 0.131. The van der Waals surface area contributed by atoms with Gasteiger partial charge in [0, 0.05) is 26.7 Å². The van der Waals surface area contributed by atoms with Gasteiger partial charge in [0.05, 0.1) is 18.9 Å². The van der Waals surface area contributed by atoms with E-state index in [4.69, 9.17) is 9.16 Å². The number of rotatable bonds is 4. The van der Waals surface area contributed by atoms with E-state index in [1.54, 1.807) is 0 Å². The number of ether oxygens (including phenoxy) is 1. The molecule has 2 unspecified atom stereocenters. The van der Waals surface area contributed by atoms with E-state index in [2.05, 4.69) is 95.3 Å². The van der Waals surface area contributed by atoms with Crippen LogP contribution >= 0.6 is 0 Å². The first-order chi connectivity index (χ1) is 12.8. The molecule has 0 spiro atoms. The molecule has 1 aromatic rings. The zero-order valence-corrected chi connectivity index (χ0v) is 23.5. The van der Waals surface area contributed by atoms with Crippen LogP contribution in [-0.4, -0.2) is 37.2 Å². The standard InChI is InChI=1S/C22H40O2Si4/c1-25(2,3)24-22-19(16-17-23-21-15-11-10-14-20(21)22)13-12-18-28(22,26(4,5)6)27(7,8)9/h10-15,19H,16-18H2,1-9H3. The summed E-state index contributed by atoms with van der Waals surface area (Å²) in [6.45, 7) is 23.9. The number of fused-ring (bicyclic) bond motifs is 3. The average molecular weight is 449 g/mol. The normalized spacial score (nSPS) is 27.4. The molecule has 1 aromatic carbocycles. The quantitative estimate of drug-likeness (QED) is 0.385. The molecule has 0 saturated heterocycles. The lowest BCUT2D eigenvalue weighted by molar-refractivity contribution is 0.0888. The van der Waals surface area contributed by atoms with E-state index >= 15 is 0 Å². The van der Waals surface area contributed by atoms with E-state index in [9.17, 15) is 0 Å². The van der Waals surface area contributed by atoms with E-state index in [0.717, 1.165) is 18.8 Å². The molecule has 0 bridgehead atoms. The number of hydrogen-bond acceptors (Lipinski definition) is 2. The van der Waals surface area contributed by atoms with E-state index < -0.39 is 30.6 Å². The fourth-order valence-electron chi connectivity index (χ4n) is 6.49. The zero-order chi connectivity index (χ0) is 21.0. The highest BCUT2D eigenvalue weighted by Crippen LogP contribution is 2.59. The van der Waals surface area contributed by atoms with Crippen LogP contribution in [0.3, 0.4) is 0 Å². The van der Waals surface area contributed by atoms with Crippen molar-refractivity contribution in [2.45, 2.75) is 76.6 Å². The Bertz CT molecular complexity index is 741. The minimum atomic E-state index is -1.87. The van der Waals surface area contributed by atoms with Gasteiger partial charge < -0.3 is 9.16 Å². The van der Waals surface area contributed by atoms with Gasteiger partial charge >= 0.3 is 0 Å². The van der Waals surface area contributed by atoms with E-state index in [1.807, 2.05) is 0 Å². The monoisotopic (exact) mass is 448 g/mol. The van der Waals surface area contributed by atoms with Crippen LogP contribution in [0, 0.1) is 5.92 Å². The molecule has 2 heterocycles. The molecular formula is C22H40O2Si4. The first-order valence-corrected chi connectivity index (χ1v) is 25.5. The number of benzene rings is 1. The van der Waals surface area contributed by atoms with E-state index in [0.29, 0.717) is 5.92 Å². The minimum Gasteiger partial charge on any atom is -0.493 e. The largest absolute Gasteiger partial charge is 0.493 e. The Morgan fingerprint density at radius 2 is 1.57 bits per heavy atom. The van der Waals surface area contributed by atoms with Crippen molar-refractivity contribution in [1.82, 2.24) is 0 Å². The molecule has 28 heavy (non-hydrogen) atoms. The molecule has 0 aromatic heterocycles. The topological polar surface area (TPSA) is 18.5 Å². The third kappa shape index (κ3) is 3.29. The smallest absolute Gasteiger partial charge is 0.184 e. The van der Waals surface area contributed by atoms with Gasteiger partial charge in [0.25, 0.3) is 0 Å². The summed E-state index contributed by atoms with van der Waals surface area (Å²) in [7, 11) is -6.72. The third-order valence-electron chi connectivity index (χ3n) is 6.95. The van der Waals surface area contributed by atoms with Crippen LogP contribution in [0.2, 0.25) is 65.0 Å². The Labute approximate surface area is 176 Å². The van der Waals surface area contributed by atoms with Gasteiger partial charge in [0.2, 0.25) is 0 Å². The Morgan fingerprint density at radius 3 is 2.14 bits per heavy atom. The summed E-state index contributed by atoms with van der Waals surface area (Å²) in [6, 6.07) is 10.2. The van der Waals surface area contributed by atoms with E-state index in [1.165, 1.54) is 11.6 Å². The van der Waals surface area contributed by atoms with Gasteiger partial charge in [-0.05, 0) is 38.2 Å². The third-order valence-corrected chi connectivity index (χ3v) is 48.4. The second-order valence-corrected chi connectivity index (χ2v) is 43.7. The second kappa shape index (κ2) is 7.08. The molecule has 0 amide bonds. The van der Waals surface area contributed by atoms with Crippen LogP contribution in [-0.2, 0) is 9.65 Å². The fraction of sp³-hybridized carbons (Fsp3) is 0.636. The molecule has 156 valence electrons. The predicted octanol–water partition coefficient (Wildman–Crippen LogP) is 6.52. The number of allylic oxidation sites excluding steroid dienone is 1. The first-order valence-electron chi connectivity index (χ1n) is 10.9. The first kappa shape index (κ1) is 22.3. The lowest BCUT2D eigenvalue weighted by Crippen LogP contribution is -2.84. The highest BCUT2D eigenvalue weighted by atomic mass is 29.6. The van der Waals surface area contributed by atoms with Crippen molar-refractivity contribution in [3.8, 4) is 5.75 Å². The van der Waals surface area contributed by atoms with Gasteiger partial charge in [-0.2, -0.15) is 0 Å². The van der Waals surface area contributed by atoms with Crippen molar-refractivity contribution in [2.24, 2.45) is 5.92 Å². The summed E-state index contributed by atoms with van der Waals surface area (Å²) in [6.07, 6.45) is 6.14. The molecular weight excluding hydrogens is 409 g/mol. The lowest BCUT2D eigenvalue weighted by atomic mass is 9.91. The molecule has 6 heteroatoms. The highest BCUT2D eigenvalue weighted by molar-refractivity contribution is 7.69. The number of hydrogen-bond donors (Lipinski definition) is 0. The van der Waals surface area contributed by atoms with Crippen LogP contribution in [0.5, 0.6) is 5.75 Å². The van der Waals surface area contributed by atoms with Gasteiger partial charge in [-0.1, -0.05) is 69.6 Å². The highest BCUT2D eigenvalue weighted by Gasteiger charge is 2.71. The predicted molar refractivity (Wildman–Crippen MR) is 133 cm³/mol. The number of para-hydroxylation sites is 1. The van der Waals surface area contributed by atoms with Crippen molar-refractivity contribution in [1.29, 1.82) is 0 Å². The maximum Gasteiger partial charge on any atom is 0.184 e. The van der Waals surface area contributed by atoms with E-state index in [-0.39, 0.29) is 5.22 Å². The molecule has 2 atom stereocenters. The van der Waals surface area contributed by atoms with Gasteiger partial charge in [-0.15, -0.1) is 0 Å². The van der Waals surface area contributed by atoms with Crippen molar-refractivity contribution in [3.63, 3.8) is 0 Å². The SMILES string of the molecule is C[Si](C)(C)OC12c3ccccc3OCCC1C=CC[Si]2([Si](C)(C)C)[Si](C)(C)C. The molecule has 0 radical (unpaired) electrons. The lowest BCUT2D eigenvalue weighted by Gasteiger charge is -2.65. The Hall–Kier alpha value is -0.412. The Morgan fingerprint density at radius 1 is 0.964 bits per heavy atom. The maximum absolute atomic E-state index is 7.58. The van der Waals surface area contributed by atoms with Crippen LogP contribution in [0.4, 0.5) is 0 Å². The van der Waals surface area contributed by atoms with Crippen LogP contribution < -0.4 is 4.74 Å². The molecule has 0 N–H and O–H groups in total. The molecule has 0 saturated carbocycles. The van der Waals surface area contributed by atoms with Crippen molar-refractivity contribution in [3.05, 3.63) is 42.0 Å². The molecule has 2 nitrogen and oxygen atoms in total. The molecule has 3 rings (SSSR count). The average Bonchev–Trinajstić information content (AvgIpc) is 2.67.